The summed E-state index contributed by atoms with van der Waals surface area (Å²) in [5.74, 6) is 1.19. The van der Waals surface area contributed by atoms with Crippen LogP contribution in [0.1, 0.15) is 48.8 Å². The van der Waals surface area contributed by atoms with Gasteiger partial charge in [0.15, 0.2) is 0 Å². The van der Waals surface area contributed by atoms with Crippen LogP contribution in [-0.4, -0.2) is 23.4 Å². The lowest BCUT2D eigenvalue weighted by Gasteiger charge is -2.42. The summed E-state index contributed by atoms with van der Waals surface area (Å²) in [6.07, 6.45) is 3.73. The van der Waals surface area contributed by atoms with Crippen LogP contribution in [0.5, 0.6) is 5.75 Å². The van der Waals surface area contributed by atoms with E-state index in [0.717, 1.165) is 28.3 Å². The van der Waals surface area contributed by atoms with Gasteiger partial charge in [-0.2, -0.15) is 5.26 Å². The van der Waals surface area contributed by atoms with E-state index in [1.165, 1.54) is 18.4 Å². The van der Waals surface area contributed by atoms with Crippen LogP contribution < -0.4 is 9.64 Å². The van der Waals surface area contributed by atoms with Gasteiger partial charge >= 0.3 is 0 Å². The second-order valence-corrected chi connectivity index (χ2v) is 10.9. The normalized spacial score (nSPS) is 17.3. The van der Waals surface area contributed by atoms with E-state index in [2.05, 4.69) is 42.2 Å². The van der Waals surface area contributed by atoms with E-state index in [1.54, 1.807) is 16.7 Å². The predicted molar refractivity (Wildman–Crippen MR) is 154 cm³/mol. The number of carbonyl (C=O) groups excluding carboxylic acids is 1. The Morgan fingerprint density at radius 3 is 2.55 bits per heavy atom. The van der Waals surface area contributed by atoms with Crippen molar-refractivity contribution in [2.45, 2.75) is 45.1 Å². The van der Waals surface area contributed by atoms with E-state index in [9.17, 15) is 10.1 Å². The summed E-state index contributed by atoms with van der Waals surface area (Å²) in [6, 6.07) is 26.3. The number of fused-ring (bicyclic) bond motifs is 1. The molecule has 1 amide bonds. The quantitative estimate of drug-likeness (QED) is 0.295. The largest absolute Gasteiger partial charge is 0.489 e. The van der Waals surface area contributed by atoms with Gasteiger partial charge in [0.25, 0.3) is 0 Å². The molecule has 5 rings (SSSR count). The lowest BCUT2D eigenvalue weighted by atomic mass is 9.86. The van der Waals surface area contributed by atoms with Crippen LogP contribution in [0, 0.1) is 11.3 Å². The smallest absolute Gasteiger partial charge is 0.229 e. The van der Waals surface area contributed by atoms with E-state index in [0.29, 0.717) is 35.5 Å². The number of nitrogens with zero attached hydrogens (tertiary/aromatic N) is 3. The molecule has 1 saturated heterocycles. The van der Waals surface area contributed by atoms with Crippen molar-refractivity contribution >= 4 is 35.0 Å². The van der Waals surface area contributed by atoms with Crippen molar-refractivity contribution in [3.63, 3.8) is 0 Å². The van der Waals surface area contributed by atoms with Crippen molar-refractivity contribution in [1.29, 1.82) is 5.26 Å². The number of aryl methyl sites for hydroxylation is 1. The maximum Gasteiger partial charge on any atom is 0.229 e. The summed E-state index contributed by atoms with van der Waals surface area (Å²) < 4.78 is 5.91. The van der Waals surface area contributed by atoms with Crippen LogP contribution in [0.25, 0.3) is 0 Å². The summed E-state index contributed by atoms with van der Waals surface area (Å²) in [4.78, 5) is 17.3. The first-order valence-corrected chi connectivity index (χ1v) is 14.3. The zero-order chi connectivity index (χ0) is 26.5. The first-order chi connectivity index (χ1) is 18.6. The van der Waals surface area contributed by atoms with Crippen LogP contribution >= 0.6 is 23.4 Å². The first-order valence-electron chi connectivity index (χ1n) is 12.9. The summed E-state index contributed by atoms with van der Waals surface area (Å²) in [6.45, 7) is 3.04. The van der Waals surface area contributed by atoms with Gasteiger partial charge in [-0.25, -0.2) is 0 Å². The highest BCUT2D eigenvalue weighted by molar-refractivity contribution is 8.03. The lowest BCUT2D eigenvalue weighted by molar-refractivity contribution is -0.129. The first kappa shape index (κ1) is 26.2. The van der Waals surface area contributed by atoms with Gasteiger partial charge < -0.3 is 9.64 Å². The van der Waals surface area contributed by atoms with Crippen molar-refractivity contribution in [1.82, 2.24) is 4.90 Å². The van der Waals surface area contributed by atoms with Crippen molar-refractivity contribution in [3.05, 3.63) is 105 Å². The second-order valence-electron chi connectivity index (χ2n) is 9.58. The monoisotopic (exact) mass is 543 g/mol. The Kier molecular flexibility index (Phi) is 8.26. The predicted octanol–water partition coefficient (Wildman–Crippen LogP) is 7.48. The minimum atomic E-state index is -0.256. The Hall–Kier alpha value is -3.40. The molecule has 0 spiro atoms. The molecule has 0 N–H and O–H groups in total. The molecule has 0 radical (unpaired) electrons. The highest BCUT2D eigenvalue weighted by Gasteiger charge is 2.38. The molecule has 38 heavy (non-hydrogen) atoms. The number of nitriles is 1. The maximum absolute atomic E-state index is 13.3. The number of allylic oxidation sites excluding steroid dienone is 1. The molecule has 3 aromatic rings. The molecule has 0 unspecified atom stereocenters. The van der Waals surface area contributed by atoms with Crippen LogP contribution in [0.4, 0.5) is 5.69 Å². The number of rotatable bonds is 8. The summed E-state index contributed by atoms with van der Waals surface area (Å²) >= 11 is 7.79. The highest BCUT2D eigenvalue weighted by atomic mass is 35.5. The number of hydrogen-bond acceptors (Lipinski definition) is 5. The molecule has 7 heteroatoms. The van der Waals surface area contributed by atoms with E-state index in [1.807, 2.05) is 48.5 Å². The zero-order valence-electron chi connectivity index (χ0n) is 21.4. The van der Waals surface area contributed by atoms with Crippen molar-refractivity contribution in [3.8, 4) is 11.8 Å². The number of hydrogen-bond donors (Lipinski definition) is 0. The fourth-order valence-electron chi connectivity index (χ4n) is 4.84. The second kappa shape index (κ2) is 12.0. The molecule has 5 nitrogen and oxygen atoms in total. The van der Waals surface area contributed by atoms with E-state index in [-0.39, 0.29) is 18.2 Å². The van der Waals surface area contributed by atoms with Crippen LogP contribution in [0.3, 0.4) is 0 Å². The number of unbranched alkanes of at least 4 members (excludes halogenated alkanes) is 1. The molecule has 0 aromatic heterocycles. The van der Waals surface area contributed by atoms with Crippen molar-refractivity contribution < 1.29 is 9.53 Å². The van der Waals surface area contributed by atoms with Crippen molar-refractivity contribution in [2.24, 2.45) is 0 Å². The zero-order valence-corrected chi connectivity index (χ0v) is 23.0. The van der Waals surface area contributed by atoms with Gasteiger partial charge in [-0.15, -0.1) is 0 Å². The van der Waals surface area contributed by atoms with Gasteiger partial charge in [0, 0.05) is 28.6 Å². The Morgan fingerprint density at radius 2 is 1.84 bits per heavy atom. The van der Waals surface area contributed by atoms with Gasteiger partial charge in [-0.1, -0.05) is 79.2 Å². The number of thioether (sulfide) groups is 1. The van der Waals surface area contributed by atoms with Crippen LogP contribution in [-0.2, 0) is 17.8 Å². The van der Waals surface area contributed by atoms with E-state index < -0.39 is 0 Å². The average Bonchev–Trinajstić information content (AvgIpc) is 2.96. The summed E-state index contributed by atoms with van der Waals surface area (Å²) in [7, 11) is 0. The molecule has 194 valence electrons. The number of carbonyl (C=O) groups is 1. The molecule has 2 aliphatic rings. The summed E-state index contributed by atoms with van der Waals surface area (Å²) in [5, 5.41) is 11.6. The maximum atomic E-state index is 13.3. The van der Waals surface area contributed by atoms with Gasteiger partial charge in [0.2, 0.25) is 5.91 Å². The molecular formula is C31H30ClN3O2S. The van der Waals surface area contributed by atoms with Gasteiger partial charge in [0.1, 0.15) is 12.4 Å². The molecule has 2 heterocycles. The third-order valence-corrected chi connectivity index (χ3v) is 8.57. The fraction of sp³-hybridized carbons (Fsp3) is 0.290. The number of halogens is 1. The molecule has 1 fully saturated rings. The molecular weight excluding hydrogens is 514 g/mol. The molecule has 0 bridgehead atoms. The molecule has 3 aromatic carbocycles. The topological polar surface area (TPSA) is 56.6 Å². The van der Waals surface area contributed by atoms with Gasteiger partial charge in [0.05, 0.1) is 29.2 Å². The average molecular weight is 544 g/mol. The van der Waals surface area contributed by atoms with Gasteiger partial charge in [-0.3, -0.25) is 9.69 Å². The Bertz CT molecular complexity index is 1370. The SMILES string of the molecule is CCCCc1ccc(N2CSC3=C(C#N)[C@H](c4ccc(OCc5ccccc5Cl)cc4)CC(=O)N3C2)cc1. The Morgan fingerprint density at radius 1 is 1.08 bits per heavy atom. The van der Waals surface area contributed by atoms with Crippen LogP contribution in [0.2, 0.25) is 5.02 Å². The van der Waals surface area contributed by atoms with Crippen LogP contribution in [0.15, 0.2) is 83.4 Å². The number of anilines is 1. The minimum absolute atomic E-state index is 0.0415. The number of ether oxygens (including phenoxy) is 1. The Balaban J connectivity index is 1.29. The molecule has 0 aliphatic carbocycles. The van der Waals surface area contributed by atoms with Crippen molar-refractivity contribution in [2.75, 3.05) is 17.4 Å². The minimum Gasteiger partial charge on any atom is -0.489 e. The number of benzene rings is 3. The summed E-state index contributed by atoms with van der Waals surface area (Å²) in [5.41, 5.74) is 4.96. The third-order valence-electron chi connectivity index (χ3n) is 7.05. The van der Waals surface area contributed by atoms with E-state index in [4.69, 9.17) is 16.3 Å². The van der Waals surface area contributed by atoms with Gasteiger partial charge in [-0.05, 0) is 54.3 Å². The highest BCUT2D eigenvalue weighted by Crippen LogP contribution is 2.43. The molecule has 1 atom stereocenters. The molecule has 2 aliphatic heterocycles. The third kappa shape index (κ3) is 5.70. The lowest BCUT2D eigenvalue weighted by Crippen LogP contribution is -2.47. The standard InChI is InChI=1S/C31H30ClN3O2S/c1-2-3-6-22-9-13-25(14-10-22)34-20-35-30(36)17-27(28(18-33)31(35)38-21-34)23-11-15-26(16-12-23)37-19-24-7-4-5-8-29(24)32/h4-5,7-16,27H,2-3,6,17,19-21H2,1H3/t27-/m0/s1. The van der Waals surface area contributed by atoms with E-state index >= 15 is 0 Å². The molecule has 0 saturated carbocycles. The number of amides is 1. The Labute approximate surface area is 233 Å². The fourth-order valence-corrected chi connectivity index (χ4v) is 6.20.